The van der Waals surface area contributed by atoms with Crippen LogP contribution in [0.1, 0.15) is 11.1 Å². The third kappa shape index (κ3) is 8.81. The normalized spacial score (nSPS) is 14.2. The molecule has 1 saturated heterocycles. The van der Waals surface area contributed by atoms with Crippen molar-refractivity contribution in [1.29, 1.82) is 0 Å². The first-order valence-electron chi connectivity index (χ1n) is 13.5. The molecule has 0 unspecified atom stereocenters. The molecule has 0 aliphatic carbocycles. The summed E-state index contributed by atoms with van der Waals surface area (Å²) in [6.07, 6.45) is 4.74. The zero-order valence-corrected chi connectivity index (χ0v) is 24.3. The van der Waals surface area contributed by atoms with Crippen LogP contribution in [0.25, 0.3) is 6.08 Å². The zero-order chi connectivity index (χ0) is 29.1. The lowest BCUT2D eigenvalue weighted by Gasteiger charge is -2.34. The number of benzene rings is 3. The summed E-state index contributed by atoms with van der Waals surface area (Å²) in [4.78, 5) is 16.9. The van der Waals surface area contributed by atoms with Gasteiger partial charge in [-0.05, 0) is 53.9 Å². The number of methoxy groups -OCH3 is 2. The highest BCUT2D eigenvalue weighted by Gasteiger charge is 2.21. The number of nitrogens with one attached hydrogen (secondary N) is 1. The molecule has 0 spiro atoms. The number of ether oxygens (including phenoxy) is 3. The van der Waals surface area contributed by atoms with Gasteiger partial charge in [0.05, 0.1) is 19.1 Å². The molecule has 218 valence electrons. The minimum absolute atomic E-state index is 0.0852. The van der Waals surface area contributed by atoms with Crippen LogP contribution < -0.4 is 18.9 Å². The van der Waals surface area contributed by atoms with Crippen LogP contribution in [0.3, 0.4) is 0 Å². The molecular weight excluding hydrogens is 542 g/mol. The van der Waals surface area contributed by atoms with Crippen molar-refractivity contribution in [2.45, 2.75) is 11.3 Å². The summed E-state index contributed by atoms with van der Waals surface area (Å²) in [6, 6.07) is 21.7. The minimum atomic E-state index is -3.70. The van der Waals surface area contributed by atoms with Crippen molar-refractivity contribution in [2.75, 3.05) is 60.1 Å². The first kappa shape index (κ1) is 30.1. The van der Waals surface area contributed by atoms with Crippen molar-refractivity contribution < 1.29 is 27.4 Å². The number of hydrogen-bond donors (Lipinski definition) is 1. The first-order valence-corrected chi connectivity index (χ1v) is 15.0. The van der Waals surface area contributed by atoms with Gasteiger partial charge >= 0.3 is 0 Å². The van der Waals surface area contributed by atoms with Gasteiger partial charge in [0.2, 0.25) is 10.0 Å². The van der Waals surface area contributed by atoms with Gasteiger partial charge in [-0.2, -0.15) is 0 Å². The molecule has 1 aliphatic rings. The van der Waals surface area contributed by atoms with E-state index in [1.54, 1.807) is 37.3 Å². The average molecular weight is 580 g/mol. The lowest BCUT2D eigenvalue weighted by atomic mass is 10.1. The smallest absolute Gasteiger partial charge is 0.260 e. The van der Waals surface area contributed by atoms with Crippen molar-refractivity contribution in [3.8, 4) is 17.2 Å². The monoisotopic (exact) mass is 579 g/mol. The van der Waals surface area contributed by atoms with E-state index in [1.807, 2.05) is 30.3 Å². The van der Waals surface area contributed by atoms with E-state index in [-0.39, 0.29) is 24.0 Å². The van der Waals surface area contributed by atoms with Gasteiger partial charge in [0.1, 0.15) is 5.75 Å². The summed E-state index contributed by atoms with van der Waals surface area (Å²) in [5.41, 5.74) is 2.09. The number of nitrogens with zero attached hydrogens (tertiary/aromatic N) is 2. The Morgan fingerprint density at radius 1 is 0.902 bits per heavy atom. The molecule has 4 rings (SSSR count). The summed E-state index contributed by atoms with van der Waals surface area (Å²) >= 11 is 0. The van der Waals surface area contributed by atoms with E-state index in [0.29, 0.717) is 36.8 Å². The second kappa shape index (κ2) is 14.7. The van der Waals surface area contributed by atoms with Crippen molar-refractivity contribution in [1.82, 2.24) is 14.5 Å². The molecule has 0 atom stereocenters. The molecule has 1 heterocycles. The maximum Gasteiger partial charge on any atom is 0.260 e. The predicted molar refractivity (Wildman–Crippen MR) is 159 cm³/mol. The zero-order valence-electron chi connectivity index (χ0n) is 23.5. The summed E-state index contributed by atoms with van der Waals surface area (Å²) in [5, 5.41) is 0. The molecule has 3 aromatic carbocycles. The molecular formula is C31H37N3O6S. The van der Waals surface area contributed by atoms with Crippen molar-refractivity contribution >= 4 is 22.0 Å². The highest BCUT2D eigenvalue weighted by Crippen LogP contribution is 2.27. The largest absolute Gasteiger partial charge is 0.493 e. The van der Waals surface area contributed by atoms with Gasteiger partial charge in [0.25, 0.3) is 5.91 Å². The van der Waals surface area contributed by atoms with Crippen molar-refractivity contribution in [2.24, 2.45) is 0 Å². The Bertz CT molecular complexity index is 1400. The van der Waals surface area contributed by atoms with Gasteiger partial charge in [0, 0.05) is 39.3 Å². The van der Waals surface area contributed by atoms with Gasteiger partial charge in [0.15, 0.2) is 18.1 Å². The Morgan fingerprint density at radius 3 is 2.29 bits per heavy atom. The van der Waals surface area contributed by atoms with Crippen LogP contribution in [-0.4, -0.2) is 84.2 Å². The number of rotatable bonds is 13. The Balaban J connectivity index is 1.18. The molecule has 0 saturated carbocycles. The van der Waals surface area contributed by atoms with Gasteiger partial charge in [-0.3, -0.25) is 9.69 Å². The van der Waals surface area contributed by atoms with Crippen LogP contribution in [-0.2, 0) is 21.2 Å². The van der Waals surface area contributed by atoms with E-state index in [9.17, 15) is 13.2 Å². The predicted octanol–water partition coefficient (Wildman–Crippen LogP) is 3.46. The second-order valence-corrected chi connectivity index (χ2v) is 11.4. The van der Waals surface area contributed by atoms with Crippen LogP contribution in [0, 0.1) is 0 Å². The summed E-state index contributed by atoms with van der Waals surface area (Å²) in [6.45, 7) is 3.87. The Labute approximate surface area is 242 Å². The number of carbonyl (C=O) groups is 1. The van der Waals surface area contributed by atoms with E-state index in [2.05, 4.69) is 33.9 Å². The van der Waals surface area contributed by atoms with Crippen LogP contribution in [0.5, 0.6) is 17.2 Å². The summed E-state index contributed by atoms with van der Waals surface area (Å²) < 4.78 is 44.3. The van der Waals surface area contributed by atoms with Gasteiger partial charge in [-0.1, -0.05) is 48.6 Å². The number of hydrogen-bond acceptors (Lipinski definition) is 7. The topological polar surface area (TPSA) is 97.4 Å². The van der Waals surface area contributed by atoms with Crippen molar-refractivity contribution in [3.63, 3.8) is 0 Å². The SMILES string of the molecule is COc1ccc(CCNS(=O)(=O)c2ccc(OCC(=O)N3CCN(C/C=C/c4ccccc4)CC3)cc2)cc1OC. The van der Waals surface area contributed by atoms with Gasteiger partial charge < -0.3 is 19.1 Å². The number of sulfonamides is 1. The highest BCUT2D eigenvalue weighted by atomic mass is 32.2. The van der Waals surface area contributed by atoms with E-state index >= 15 is 0 Å². The fourth-order valence-electron chi connectivity index (χ4n) is 4.48. The third-order valence-corrected chi connectivity index (χ3v) is 8.33. The van der Waals surface area contributed by atoms with E-state index in [4.69, 9.17) is 14.2 Å². The highest BCUT2D eigenvalue weighted by molar-refractivity contribution is 7.89. The van der Waals surface area contributed by atoms with Crippen LogP contribution in [0.15, 0.2) is 83.8 Å². The lowest BCUT2D eigenvalue weighted by molar-refractivity contribution is -0.135. The van der Waals surface area contributed by atoms with E-state index in [1.165, 1.54) is 17.7 Å². The standard InChI is InChI=1S/C31H37N3O6S/c1-38-29-15-10-26(23-30(29)39-2)16-17-32-41(36,37)28-13-11-27(12-14-28)40-24-31(35)34-21-19-33(20-22-34)18-6-9-25-7-4-3-5-8-25/h3-15,23,32H,16-22,24H2,1-2H3/b9-6+. The molecule has 1 amide bonds. The van der Waals surface area contributed by atoms with Crippen LogP contribution in [0.2, 0.25) is 0 Å². The molecule has 9 nitrogen and oxygen atoms in total. The molecule has 41 heavy (non-hydrogen) atoms. The minimum Gasteiger partial charge on any atom is -0.493 e. The summed E-state index contributed by atoms with van der Waals surface area (Å²) in [5.74, 6) is 1.56. The molecule has 0 radical (unpaired) electrons. The summed E-state index contributed by atoms with van der Waals surface area (Å²) in [7, 11) is -0.576. The van der Waals surface area contributed by atoms with Crippen LogP contribution in [0.4, 0.5) is 0 Å². The lowest BCUT2D eigenvalue weighted by Crippen LogP contribution is -2.49. The Hall–Kier alpha value is -3.86. The van der Waals surface area contributed by atoms with E-state index in [0.717, 1.165) is 25.2 Å². The van der Waals surface area contributed by atoms with E-state index < -0.39 is 10.0 Å². The maximum absolute atomic E-state index is 12.7. The van der Waals surface area contributed by atoms with Gasteiger partial charge in [-0.15, -0.1) is 0 Å². The molecule has 0 aromatic heterocycles. The Kier molecular flexibility index (Phi) is 10.8. The average Bonchev–Trinajstić information content (AvgIpc) is 3.00. The molecule has 1 fully saturated rings. The second-order valence-electron chi connectivity index (χ2n) is 9.59. The third-order valence-electron chi connectivity index (χ3n) is 6.85. The molecule has 3 aromatic rings. The van der Waals surface area contributed by atoms with Crippen molar-refractivity contribution in [3.05, 3.63) is 90.0 Å². The maximum atomic E-state index is 12.7. The van der Waals surface area contributed by atoms with Gasteiger partial charge in [-0.25, -0.2) is 13.1 Å². The quantitative estimate of drug-likeness (QED) is 0.331. The molecule has 1 N–H and O–H groups in total. The molecule has 10 heteroatoms. The molecule has 0 bridgehead atoms. The molecule has 1 aliphatic heterocycles. The first-order chi connectivity index (χ1) is 19.9. The Morgan fingerprint density at radius 2 is 1.61 bits per heavy atom. The number of piperazine rings is 1. The number of amides is 1. The fraction of sp³-hybridized carbons (Fsp3) is 0.323. The number of carbonyl (C=O) groups excluding carboxylic acids is 1. The fourth-order valence-corrected chi connectivity index (χ4v) is 5.51. The van der Waals surface area contributed by atoms with Crippen LogP contribution >= 0.6 is 0 Å².